The van der Waals surface area contributed by atoms with Crippen molar-refractivity contribution in [1.82, 2.24) is 10.6 Å². The SMILES string of the molecule is CC(CNC(=O)C(O)C(C)(C)CO)NC(=O)c1cc(F)c(F)cc1F. The van der Waals surface area contributed by atoms with Crippen LogP contribution in [-0.4, -0.2) is 47.3 Å². The van der Waals surface area contributed by atoms with Crippen molar-refractivity contribution in [2.45, 2.75) is 32.9 Å². The van der Waals surface area contributed by atoms with Crippen molar-refractivity contribution in [3.05, 3.63) is 35.1 Å². The van der Waals surface area contributed by atoms with Crippen molar-refractivity contribution >= 4 is 11.8 Å². The molecule has 0 aliphatic carbocycles. The summed E-state index contributed by atoms with van der Waals surface area (Å²) in [5.41, 5.74) is -1.72. The number of aliphatic hydroxyl groups excluding tert-OH is 2. The lowest BCUT2D eigenvalue weighted by molar-refractivity contribution is -0.137. The average Bonchev–Trinajstić information content (AvgIpc) is 2.54. The van der Waals surface area contributed by atoms with Crippen molar-refractivity contribution in [2.24, 2.45) is 5.41 Å². The van der Waals surface area contributed by atoms with Gasteiger partial charge in [-0.25, -0.2) is 13.2 Å². The highest BCUT2D eigenvalue weighted by atomic mass is 19.2. The summed E-state index contributed by atoms with van der Waals surface area (Å²) < 4.78 is 39.5. The maximum Gasteiger partial charge on any atom is 0.254 e. The molecule has 0 aliphatic rings. The number of carbonyl (C=O) groups excluding carboxylic acids is 2. The van der Waals surface area contributed by atoms with Crippen molar-refractivity contribution in [3.8, 4) is 0 Å². The van der Waals surface area contributed by atoms with Gasteiger partial charge in [-0.15, -0.1) is 0 Å². The molecule has 0 heterocycles. The number of hydrogen-bond donors (Lipinski definition) is 4. The van der Waals surface area contributed by atoms with Gasteiger partial charge in [-0.3, -0.25) is 9.59 Å². The second kappa shape index (κ2) is 8.30. The molecule has 2 amide bonds. The summed E-state index contributed by atoms with van der Waals surface area (Å²) >= 11 is 0. The second-order valence-corrected chi connectivity index (χ2v) is 6.42. The topological polar surface area (TPSA) is 98.7 Å². The molecule has 0 aromatic heterocycles. The van der Waals surface area contributed by atoms with Gasteiger partial charge in [0.1, 0.15) is 11.9 Å². The molecule has 1 aromatic rings. The highest BCUT2D eigenvalue weighted by Crippen LogP contribution is 2.19. The minimum absolute atomic E-state index is 0.103. The van der Waals surface area contributed by atoms with Gasteiger partial charge in [0.15, 0.2) is 11.6 Å². The summed E-state index contributed by atoms with van der Waals surface area (Å²) in [7, 11) is 0. The molecule has 6 nitrogen and oxygen atoms in total. The number of amides is 2. The predicted octanol–water partition coefficient (Wildman–Crippen LogP) is 0.718. The zero-order chi connectivity index (χ0) is 19.4. The monoisotopic (exact) mass is 362 g/mol. The highest BCUT2D eigenvalue weighted by Gasteiger charge is 2.33. The normalized spacial score (nSPS) is 13.9. The molecular formula is C16H21F3N2O4. The van der Waals surface area contributed by atoms with Gasteiger partial charge < -0.3 is 20.8 Å². The summed E-state index contributed by atoms with van der Waals surface area (Å²) in [6.07, 6.45) is -1.47. The molecule has 2 unspecified atom stereocenters. The Morgan fingerprint density at radius 3 is 2.28 bits per heavy atom. The summed E-state index contributed by atoms with van der Waals surface area (Å²) in [5, 5.41) is 23.6. The Morgan fingerprint density at radius 1 is 1.16 bits per heavy atom. The first kappa shape index (κ1) is 20.9. The number of rotatable bonds is 7. The lowest BCUT2D eigenvalue weighted by atomic mass is 9.87. The molecule has 4 N–H and O–H groups in total. The largest absolute Gasteiger partial charge is 0.396 e. The van der Waals surface area contributed by atoms with E-state index in [0.29, 0.717) is 6.07 Å². The van der Waals surface area contributed by atoms with Gasteiger partial charge in [0, 0.05) is 24.1 Å². The molecule has 0 saturated carbocycles. The van der Waals surface area contributed by atoms with E-state index in [2.05, 4.69) is 10.6 Å². The summed E-state index contributed by atoms with van der Waals surface area (Å²) in [5.74, 6) is -5.71. The first-order valence-electron chi connectivity index (χ1n) is 7.51. The molecule has 1 aromatic carbocycles. The van der Waals surface area contributed by atoms with Gasteiger partial charge in [-0.1, -0.05) is 13.8 Å². The minimum Gasteiger partial charge on any atom is -0.396 e. The van der Waals surface area contributed by atoms with E-state index < -0.39 is 59.0 Å². The van der Waals surface area contributed by atoms with Crippen LogP contribution in [0.5, 0.6) is 0 Å². The van der Waals surface area contributed by atoms with Crippen LogP contribution in [0.15, 0.2) is 12.1 Å². The van der Waals surface area contributed by atoms with Gasteiger partial charge >= 0.3 is 0 Å². The molecule has 2 atom stereocenters. The van der Waals surface area contributed by atoms with Gasteiger partial charge in [0.25, 0.3) is 5.91 Å². The molecular weight excluding hydrogens is 341 g/mol. The van der Waals surface area contributed by atoms with Crippen LogP contribution in [-0.2, 0) is 4.79 Å². The van der Waals surface area contributed by atoms with E-state index in [1.165, 1.54) is 20.8 Å². The predicted molar refractivity (Wildman–Crippen MR) is 83.1 cm³/mol. The Kier molecular flexibility index (Phi) is 6.95. The molecule has 0 saturated heterocycles. The molecule has 140 valence electrons. The second-order valence-electron chi connectivity index (χ2n) is 6.42. The lowest BCUT2D eigenvalue weighted by Gasteiger charge is -2.27. The average molecular weight is 362 g/mol. The van der Waals surface area contributed by atoms with Crippen LogP contribution >= 0.6 is 0 Å². The third-order valence-corrected chi connectivity index (χ3v) is 3.61. The van der Waals surface area contributed by atoms with Crippen molar-refractivity contribution in [1.29, 1.82) is 0 Å². The van der Waals surface area contributed by atoms with E-state index in [0.717, 1.165) is 0 Å². The fourth-order valence-corrected chi connectivity index (χ4v) is 1.84. The lowest BCUT2D eigenvalue weighted by Crippen LogP contribution is -2.49. The van der Waals surface area contributed by atoms with Gasteiger partial charge in [-0.2, -0.15) is 0 Å². The zero-order valence-corrected chi connectivity index (χ0v) is 14.1. The third-order valence-electron chi connectivity index (χ3n) is 3.61. The number of aliphatic hydroxyl groups is 2. The third kappa shape index (κ3) is 5.43. The molecule has 0 spiro atoms. The van der Waals surface area contributed by atoms with E-state index in [-0.39, 0.29) is 12.6 Å². The van der Waals surface area contributed by atoms with Gasteiger partial charge in [0.05, 0.1) is 12.2 Å². The Hall–Kier alpha value is -2.13. The Labute approximate surface area is 143 Å². The number of benzene rings is 1. The van der Waals surface area contributed by atoms with Crippen LogP contribution in [0.2, 0.25) is 0 Å². The fourth-order valence-electron chi connectivity index (χ4n) is 1.84. The maximum atomic E-state index is 13.5. The van der Waals surface area contributed by atoms with E-state index in [9.17, 15) is 27.9 Å². The maximum absolute atomic E-state index is 13.5. The smallest absolute Gasteiger partial charge is 0.254 e. The van der Waals surface area contributed by atoms with Crippen LogP contribution in [0.3, 0.4) is 0 Å². The fraction of sp³-hybridized carbons (Fsp3) is 0.500. The number of nitrogens with one attached hydrogen (secondary N) is 2. The Morgan fingerprint density at radius 2 is 1.72 bits per heavy atom. The molecule has 0 aliphatic heterocycles. The zero-order valence-electron chi connectivity index (χ0n) is 14.1. The molecule has 9 heteroatoms. The van der Waals surface area contributed by atoms with Crippen LogP contribution in [0.1, 0.15) is 31.1 Å². The molecule has 0 fully saturated rings. The standard InChI is InChI=1S/C16H21F3N2O4/c1-8(6-20-15(25)13(23)16(2,3)7-22)21-14(24)9-4-11(18)12(19)5-10(9)17/h4-5,8,13,22-23H,6-7H2,1-3H3,(H,20,25)(H,21,24). The number of halogens is 3. The van der Waals surface area contributed by atoms with E-state index in [1.54, 1.807) is 0 Å². The quantitative estimate of drug-likeness (QED) is 0.537. The molecule has 25 heavy (non-hydrogen) atoms. The van der Waals surface area contributed by atoms with Crippen molar-refractivity contribution < 1.29 is 33.0 Å². The van der Waals surface area contributed by atoms with Gasteiger partial charge in [0.2, 0.25) is 5.91 Å². The van der Waals surface area contributed by atoms with Crippen LogP contribution < -0.4 is 10.6 Å². The molecule has 1 rings (SSSR count). The van der Waals surface area contributed by atoms with Crippen LogP contribution in [0.4, 0.5) is 13.2 Å². The van der Waals surface area contributed by atoms with Crippen LogP contribution in [0, 0.1) is 22.9 Å². The Balaban J connectivity index is 2.63. The number of hydrogen-bond acceptors (Lipinski definition) is 4. The molecule has 0 bridgehead atoms. The number of carbonyl (C=O) groups is 2. The van der Waals surface area contributed by atoms with Crippen molar-refractivity contribution in [3.63, 3.8) is 0 Å². The molecule has 0 radical (unpaired) electrons. The van der Waals surface area contributed by atoms with Crippen molar-refractivity contribution in [2.75, 3.05) is 13.2 Å². The van der Waals surface area contributed by atoms with Gasteiger partial charge in [-0.05, 0) is 13.0 Å². The first-order valence-corrected chi connectivity index (χ1v) is 7.51. The van der Waals surface area contributed by atoms with Crippen LogP contribution in [0.25, 0.3) is 0 Å². The van der Waals surface area contributed by atoms with E-state index in [1.807, 2.05) is 0 Å². The Bertz CT molecular complexity index is 653. The first-order chi connectivity index (χ1) is 11.5. The summed E-state index contributed by atoms with van der Waals surface area (Å²) in [6, 6.07) is 0.0245. The van der Waals surface area contributed by atoms with E-state index >= 15 is 0 Å². The minimum atomic E-state index is -1.47. The summed E-state index contributed by atoms with van der Waals surface area (Å²) in [4.78, 5) is 23.7. The van der Waals surface area contributed by atoms with E-state index in [4.69, 9.17) is 5.11 Å². The highest BCUT2D eigenvalue weighted by molar-refractivity contribution is 5.94. The summed E-state index contributed by atoms with van der Waals surface area (Å²) in [6.45, 7) is 3.96.